The zero-order valence-electron chi connectivity index (χ0n) is 10.3. The first kappa shape index (κ1) is 13.3. The van der Waals surface area contributed by atoms with Crippen molar-refractivity contribution in [3.05, 3.63) is 23.8 Å². The summed E-state index contributed by atoms with van der Waals surface area (Å²) >= 11 is 0. The van der Waals surface area contributed by atoms with Crippen LogP contribution in [0.15, 0.2) is 18.2 Å². The Hall–Kier alpha value is -1.11. The lowest BCUT2D eigenvalue weighted by Gasteiger charge is -2.12. The van der Waals surface area contributed by atoms with Gasteiger partial charge in [0.2, 0.25) is 6.79 Å². The molecule has 0 aromatic heterocycles. The number of hydrogen-bond donors (Lipinski definition) is 1. The number of benzene rings is 1. The van der Waals surface area contributed by atoms with Gasteiger partial charge >= 0.3 is 0 Å². The van der Waals surface area contributed by atoms with Gasteiger partial charge in [-0.05, 0) is 17.7 Å². The van der Waals surface area contributed by atoms with Gasteiger partial charge in [0, 0.05) is 35.5 Å². The van der Waals surface area contributed by atoms with Crippen LogP contribution in [0.25, 0.3) is 0 Å². The molecule has 0 fully saturated rings. The van der Waals surface area contributed by atoms with E-state index in [4.69, 9.17) is 19.9 Å². The van der Waals surface area contributed by atoms with Crippen LogP contribution in [-0.4, -0.2) is 36.2 Å². The molecule has 18 heavy (non-hydrogen) atoms. The molecule has 2 N–H and O–H groups in total. The largest absolute Gasteiger partial charge is 0.454 e. The molecule has 0 aliphatic carbocycles. The molecule has 1 aliphatic rings. The van der Waals surface area contributed by atoms with Crippen molar-refractivity contribution < 1.29 is 18.4 Å². The molecule has 1 heterocycles. The molecule has 5 nitrogen and oxygen atoms in total. The molecular weight excluding hydrogens is 254 g/mol. The number of methoxy groups -OCH3 is 1. The number of rotatable bonds is 6. The maximum absolute atomic E-state index is 11.7. The molecule has 0 saturated heterocycles. The van der Waals surface area contributed by atoms with Gasteiger partial charge in [0.05, 0.1) is 6.61 Å². The monoisotopic (exact) mass is 271 g/mol. The third-order valence-electron chi connectivity index (χ3n) is 2.71. The smallest absolute Gasteiger partial charge is 0.231 e. The number of ether oxygens (including phenoxy) is 3. The van der Waals surface area contributed by atoms with E-state index in [1.165, 1.54) is 0 Å². The Labute approximate surface area is 109 Å². The zero-order valence-corrected chi connectivity index (χ0v) is 11.1. The van der Waals surface area contributed by atoms with Crippen molar-refractivity contribution in [3.63, 3.8) is 0 Å². The maximum Gasteiger partial charge on any atom is 0.231 e. The summed E-state index contributed by atoms with van der Waals surface area (Å²) in [5.41, 5.74) is 6.94. The van der Waals surface area contributed by atoms with Gasteiger partial charge in [-0.1, -0.05) is 6.07 Å². The van der Waals surface area contributed by atoms with Crippen molar-refractivity contribution in [1.29, 1.82) is 0 Å². The molecule has 1 aromatic carbocycles. The van der Waals surface area contributed by atoms with Gasteiger partial charge < -0.3 is 19.9 Å². The van der Waals surface area contributed by atoms with Crippen molar-refractivity contribution in [2.24, 2.45) is 5.73 Å². The highest BCUT2D eigenvalue weighted by Gasteiger charge is 2.17. The van der Waals surface area contributed by atoms with Crippen molar-refractivity contribution in [2.45, 2.75) is 6.04 Å². The zero-order chi connectivity index (χ0) is 13.0. The molecule has 2 unspecified atom stereocenters. The van der Waals surface area contributed by atoms with Crippen molar-refractivity contribution in [3.8, 4) is 11.5 Å². The molecule has 2 rings (SSSR count). The van der Waals surface area contributed by atoms with Gasteiger partial charge in [0.1, 0.15) is 0 Å². The Balaban J connectivity index is 1.96. The second kappa shape index (κ2) is 6.17. The van der Waals surface area contributed by atoms with Crippen molar-refractivity contribution >= 4 is 10.8 Å². The maximum atomic E-state index is 11.7. The molecule has 0 bridgehead atoms. The van der Waals surface area contributed by atoms with Crippen molar-refractivity contribution in [1.82, 2.24) is 0 Å². The predicted octanol–water partition coefficient (Wildman–Crippen LogP) is 0.810. The quantitative estimate of drug-likeness (QED) is 0.829. The summed E-state index contributed by atoms with van der Waals surface area (Å²) < 4.78 is 27.1. The molecule has 0 saturated carbocycles. The fraction of sp³-hybridized carbons (Fsp3) is 0.500. The van der Waals surface area contributed by atoms with Crippen LogP contribution < -0.4 is 15.2 Å². The second-order valence-electron chi connectivity index (χ2n) is 4.02. The standard InChI is InChI=1S/C12H17NO4S/c1-15-4-5-18(14)7-10(13)9-2-3-11-12(6-9)17-8-16-11/h2-3,6,10H,4-5,7-8,13H2,1H3. The Morgan fingerprint density at radius 1 is 1.44 bits per heavy atom. The van der Waals surface area contributed by atoms with Crippen LogP contribution >= 0.6 is 0 Å². The Bertz CT molecular complexity index is 438. The van der Waals surface area contributed by atoms with Gasteiger partial charge in [-0.3, -0.25) is 4.21 Å². The summed E-state index contributed by atoms with van der Waals surface area (Å²) in [6.07, 6.45) is 0. The van der Waals surface area contributed by atoms with E-state index in [1.807, 2.05) is 18.2 Å². The summed E-state index contributed by atoms with van der Waals surface area (Å²) in [6.45, 7) is 0.730. The molecule has 2 atom stereocenters. The van der Waals surface area contributed by atoms with E-state index < -0.39 is 10.8 Å². The topological polar surface area (TPSA) is 70.8 Å². The average molecular weight is 271 g/mol. The fourth-order valence-corrected chi connectivity index (χ4v) is 2.81. The van der Waals surface area contributed by atoms with Gasteiger partial charge in [0.25, 0.3) is 0 Å². The normalized spacial score (nSPS) is 16.6. The molecule has 0 amide bonds. The van der Waals surface area contributed by atoms with Crippen LogP contribution in [0.4, 0.5) is 0 Å². The molecule has 0 radical (unpaired) electrons. The fourth-order valence-electron chi connectivity index (χ4n) is 1.70. The van der Waals surface area contributed by atoms with E-state index >= 15 is 0 Å². The van der Waals surface area contributed by atoms with Gasteiger partial charge in [-0.15, -0.1) is 0 Å². The number of hydrogen-bond acceptors (Lipinski definition) is 5. The average Bonchev–Trinajstić information content (AvgIpc) is 2.83. The SMILES string of the molecule is COCCS(=O)CC(N)c1ccc2c(c1)OCO2. The highest BCUT2D eigenvalue weighted by atomic mass is 32.2. The molecule has 0 spiro atoms. The minimum atomic E-state index is -0.971. The third kappa shape index (κ3) is 3.22. The van der Waals surface area contributed by atoms with Crippen molar-refractivity contribution in [2.75, 3.05) is 32.0 Å². The molecule has 1 aliphatic heterocycles. The van der Waals surface area contributed by atoms with E-state index in [1.54, 1.807) is 7.11 Å². The highest BCUT2D eigenvalue weighted by molar-refractivity contribution is 7.85. The van der Waals surface area contributed by atoms with Crippen LogP contribution in [-0.2, 0) is 15.5 Å². The lowest BCUT2D eigenvalue weighted by molar-refractivity contribution is 0.174. The van der Waals surface area contributed by atoms with Crippen LogP contribution in [0.2, 0.25) is 0 Å². The second-order valence-corrected chi connectivity index (χ2v) is 5.64. The molecule has 100 valence electrons. The Morgan fingerprint density at radius 2 is 2.22 bits per heavy atom. The summed E-state index contributed by atoms with van der Waals surface area (Å²) in [5.74, 6) is 2.36. The first-order valence-electron chi connectivity index (χ1n) is 5.69. The van der Waals surface area contributed by atoms with Gasteiger partial charge in [-0.25, -0.2) is 0 Å². The first-order chi connectivity index (χ1) is 8.70. The van der Waals surface area contributed by atoms with Crippen LogP contribution in [0, 0.1) is 0 Å². The van der Waals surface area contributed by atoms with Gasteiger partial charge in [0.15, 0.2) is 11.5 Å². The summed E-state index contributed by atoms with van der Waals surface area (Å²) in [7, 11) is 0.621. The highest BCUT2D eigenvalue weighted by Crippen LogP contribution is 2.33. The Morgan fingerprint density at radius 3 is 3.00 bits per heavy atom. The van der Waals surface area contributed by atoms with Gasteiger partial charge in [-0.2, -0.15) is 0 Å². The Kier molecular flexibility index (Phi) is 4.57. The van der Waals surface area contributed by atoms with Crippen LogP contribution in [0.1, 0.15) is 11.6 Å². The lowest BCUT2D eigenvalue weighted by Crippen LogP contribution is -2.20. The van der Waals surface area contributed by atoms with E-state index in [9.17, 15) is 4.21 Å². The minimum absolute atomic E-state index is 0.244. The summed E-state index contributed by atoms with van der Waals surface area (Å²) in [6, 6.07) is 5.29. The van der Waals surface area contributed by atoms with E-state index in [-0.39, 0.29) is 12.8 Å². The van der Waals surface area contributed by atoms with E-state index in [0.717, 1.165) is 11.3 Å². The molecule has 1 aromatic rings. The lowest BCUT2D eigenvalue weighted by atomic mass is 10.1. The number of nitrogens with two attached hydrogens (primary N) is 1. The van der Waals surface area contributed by atoms with Crippen LogP contribution in [0.3, 0.4) is 0 Å². The molecule has 6 heteroatoms. The first-order valence-corrected chi connectivity index (χ1v) is 7.18. The third-order valence-corrected chi connectivity index (χ3v) is 4.06. The predicted molar refractivity (Wildman–Crippen MR) is 69.2 cm³/mol. The van der Waals surface area contributed by atoms with E-state index in [2.05, 4.69) is 0 Å². The summed E-state index contributed by atoms with van der Waals surface area (Å²) in [4.78, 5) is 0. The van der Waals surface area contributed by atoms with E-state index in [0.29, 0.717) is 23.9 Å². The van der Waals surface area contributed by atoms with Crippen LogP contribution in [0.5, 0.6) is 11.5 Å². The summed E-state index contributed by atoms with van der Waals surface area (Å²) in [5, 5.41) is 0. The molecular formula is C12H17NO4S. The number of fused-ring (bicyclic) bond motifs is 1. The minimum Gasteiger partial charge on any atom is -0.454 e.